The van der Waals surface area contributed by atoms with E-state index in [9.17, 15) is 9.90 Å². The van der Waals surface area contributed by atoms with Gasteiger partial charge < -0.3 is 9.67 Å². The highest BCUT2D eigenvalue weighted by Gasteiger charge is 2.19. The van der Waals surface area contributed by atoms with Gasteiger partial charge in [-0.25, -0.2) is 4.98 Å². The maximum atomic E-state index is 13.4. The number of halogens is 1. The first kappa shape index (κ1) is 24.8. The number of carbonyl (C=O) groups excluding carboxylic acids is 1. The van der Waals surface area contributed by atoms with Crippen molar-refractivity contribution >= 4 is 49.3 Å². The molecule has 7 heteroatoms. The monoisotopic (exact) mass is 554 g/mol. The molecule has 0 saturated carbocycles. The Morgan fingerprint density at radius 1 is 1.03 bits per heavy atom. The van der Waals surface area contributed by atoms with E-state index in [1.807, 2.05) is 78.2 Å². The molecule has 5 rings (SSSR count). The molecule has 0 spiro atoms. The molecule has 5 aromatic rings. The molecule has 186 valence electrons. The van der Waals surface area contributed by atoms with E-state index < -0.39 is 5.91 Å². The van der Waals surface area contributed by atoms with Gasteiger partial charge in [-0.3, -0.25) is 4.79 Å². The Hall–Kier alpha value is -3.84. The van der Waals surface area contributed by atoms with E-state index in [4.69, 9.17) is 4.98 Å². The number of aromatic hydroxyl groups is 1. The summed E-state index contributed by atoms with van der Waals surface area (Å²) in [6, 6.07) is 23.0. The van der Waals surface area contributed by atoms with Crippen molar-refractivity contribution in [3.05, 3.63) is 88.4 Å². The van der Waals surface area contributed by atoms with Gasteiger partial charge in [0.25, 0.3) is 5.91 Å². The predicted molar refractivity (Wildman–Crippen MR) is 152 cm³/mol. The molecule has 0 radical (unpaired) electrons. The average Bonchev–Trinajstić information content (AvgIpc) is 3.15. The van der Waals surface area contributed by atoms with E-state index in [1.165, 1.54) is 0 Å². The van der Waals surface area contributed by atoms with E-state index in [0.717, 1.165) is 32.9 Å². The number of hydrogen-bond acceptors (Lipinski definition) is 4. The fraction of sp³-hybridized carbons (Fsp3) is 0.200. The Morgan fingerprint density at radius 3 is 2.54 bits per heavy atom. The zero-order valence-corrected chi connectivity index (χ0v) is 22.5. The van der Waals surface area contributed by atoms with Crippen LogP contribution in [0.3, 0.4) is 0 Å². The third-order valence-corrected chi connectivity index (χ3v) is 6.95. The standard InChI is InChI=1S/C30H27BrN4O2/c1-18(2)14-15-35-27-13-8-19(3)16-24(27)28(30(35)37)33-34-29(36)23-17-26(20-9-11-21(31)12-10-20)32-25-7-5-4-6-22(23)25/h4-13,16-18,37H,14-15H2,1-3H3. The number of aromatic nitrogens is 2. The molecule has 6 nitrogen and oxygen atoms in total. The van der Waals surface area contributed by atoms with E-state index in [0.29, 0.717) is 40.3 Å². The second-order valence-corrected chi connectivity index (χ2v) is 10.5. The van der Waals surface area contributed by atoms with Gasteiger partial charge in [0.15, 0.2) is 5.69 Å². The van der Waals surface area contributed by atoms with Crippen molar-refractivity contribution in [3.63, 3.8) is 0 Å². The number of carbonyl (C=O) groups is 1. The molecule has 2 heterocycles. The minimum atomic E-state index is -0.493. The Kier molecular flexibility index (Phi) is 6.89. The lowest BCUT2D eigenvalue weighted by Gasteiger charge is -2.09. The van der Waals surface area contributed by atoms with Gasteiger partial charge in [-0.1, -0.05) is 71.7 Å². The predicted octanol–water partition coefficient (Wildman–Crippen LogP) is 8.60. The van der Waals surface area contributed by atoms with Crippen LogP contribution in [-0.2, 0) is 6.54 Å². The van der Waals surface area contributed by atoms with Gasteiger partial charge in [0.1, 0.15) is 0 Å². The quantitative estimate of drug-likeness (QED) is 0.213. The van der Waals surface area contributed by atoms with Crippen molar-refractivity contribution in [2.24, 2.45) is 16.1 Å². The van der Waals surface area contributed by atoms with Crippen molar-refractivity contribution in [2.45, 2.75) is 33.7 Å². The molecule has 3 aromatic carbocycles. The molecule has 37 heavy (non-hydrogen) atoms. The molecule has 0 aliphatic rings. The highest BCUT2D eigenvalue weighted by Crippen LogP contribution is 2.40. The normalized spacial score (nSPS) is 11.8. The van der Waals surface area contributed by atoms with Crippen LogP contribution in [0.15, 0.2) is 87.5 Å². The van der Waals surface area contributed by atoms with E-state index >= 15 is 0 Å². The number of pyridine rings is 1. The highest BCUT2D eigenvalue weighted by atomic mass is 79.9. The summed E-state index contributed by atoms with van der Waals surface area (Å²) in [6.45, 7) is 6.93. The van der Waals surface area contributed by atoms with Gasteiger partial charge in [-0.15, -0.1) is 10.2 Å². The minimum Gasteiger partial charge on any atom is -0.493 e. The number of hydrogen-bond donors (Lipinski definition) is 1. The number of rotatable bonds is 6. The lowest BCUT2D eigenvalue weighted by Crippen LogP contribution is -2.00. The van der Waals surface area contributed by atoms with Crippen LogP contribution in [0.1, 0.15) is 36.2 Å². The molecular formula is C30H27BrN4O2. The SMILES string of the molecule is Cc1ccc2c(c1)c(N=NC(=O)c1cc(-c3ccc(Br)cc3)nc3ccccc13)c(O)n2CCC(C)C. The molecule has 0 saturated heterocycles. The Bertz CT molecular complexity index is 1650. The van der Waals surface area contributed by atoms with Gasteiger partial charge in [0, 0.05) is 27.4 Å². The smallest absolute Gasteiger partial charge is 0.296 e. The van der Waals surface area contributed by atoms with Crippen LogP contribution in [0.2, 0.25) is 0 Å². The van der Waals surface area contributed by atoms with Crippen LogP contribution in [-0.4, -0.2) is 20.6 Å². The van der Waals surface area contributed by atoms with Crippen molar-refractivity contribution in [2.75, 3.05) is 0 Å². The number of amides is 1. The van der Waals surface area contributed by atoms with Gasteiger partial charge in [-0.2, -0.15) is 0 Å². The third-order valence-electron chi connectivity index (χ3n) is 6.42. The van der Waals surface area contributed by atoms with Crippen LogP contribution in [0.5, 0.6) is 5.88 Å². The summed E-state index contributed by atoms with van der Waals surface area (Å²) in [5.41, 5.74) is 4.89. The second kappa shape index (κ2) is 10.3. The van der Waals surface area contributed by atoms with Crippen LogP contribution in [0, 0.1) is 12.8 Å². The molecule has 0 aliphatic carbocycles. The summed E-state index contributed by atoms with van der Waals surface area (Å²) in [6.07, 6.45) is 0.905. The minimum absolute atomic E-state index is 0.0212. The van der Waals surface area contributed by atoms with Crippen molar-refractivity contribution < 1.29 is 9.90 Å². The first-order valence-electron chi connectivity index (χ1n) is 12.3. The number of aryl methyl sites for hydroxylation is 2. The zero-order chi connectivity index (χ0) is 26.1. The van der Waals surface area contributed by atoms with Crippen molar-refractivity contribution in [1.82, 2.24) is 9.55 Å². The summed E-state index contributed by atoms with van der Waals surface area (Å²) in [5, 5.41) is 20.9. The summed E-state index contributed by atoms with van der Waals surface area (Å²) >= 11 is 3.46. The molecule has 0 aliphatic heterocycles. The van der Waals surface area contributed by atoms with Gasteiger partial charge >= 0.3 is 0 Å². The summed E-state index contributed by atoms with van der Waals surface area (Å²) in [4.78, 5) is 18.2. The Labute approximate surface area is 223 Å². The fourth-order valence-electron chi connectivity index (χ4n) is 4.42. The number of nitrogens with zero attached hydrogens (tertiary/aromatic N) is 4. The van der Waals surface area contributed by atoms with E-state index in [2.05, 4.69) is 40.0 Å². The summed E-state index contributed by atoms with van der Waals surface area (Å²) in [5.74, 6) is 0.00822. The van der Waals surface area contributed by atoms with Crippen molar-refractivity contribution in [1.29, 1.82) is 0 Å². The average molecular weight is 555 g/mol. The number of para-hydroxylation sites is 1. The molecule has 2 aromatic heterocycles. The number of fused-ring (bicyclic) bond motifs is 2. The zero-order valence-electron chi connectivity index (χ0n) is 20.9. The fourth-order valence-corrected chi connectivity index (χ4v) is 4.68. The summed E-state index contributed by atoms with van der Waals surface area (Å²) < 4.78 is 2.81. The molecule has 0 atom stereocenters. The maximum absolute atomic E-state index is 13.4. The van der Waals surface area contributed by atoms with E-state index in [1.54, 1.807) is 6.07 Å². The van der Waals surface area contributed by atoms with Crippen LogP contribution >= 0.6 is 15.9 Å². The topological polar surface area (TPSA) is 79.8 Å². The van der Waals surface area contributed by atoms with Crippen molar-refractivity contribution in [3.8, 4) is 17.1 Å². The van der Waals surface area contributed by atoms with Gasteiger partial charge in [-0.05, 0) is 55.7 Å². The first-order chi connectivity index (χ1) is 17.8. The maximum Gasteiger partial charge on any atom is 0.296 e. The Morgan fingerprint density at radius 2 is 1.78 bits per heavy atom. The second-order valence-electron chi connectivity index (χ2n) is 9.61. The van der Waals surface area contributed by atoms with Crippen LogP contribution < -0.4 is 0 Å². The molecule has 0 fully saturated rings. The Balaban J connectivity index is 1.58. The molecule has 1 amide bonds. The van der Waals surface area contributed by atoms with Crippen LogP contribution in [0.4, 0.5) is 5.69 Å². The molecule has 0 unspecified atom stereocenters. The van der Waals surface area contributed by atoms with E-state index in [-0.39, 0.29) is 5.88 Å². The van der Waals surface area contributed by atoms with Gasteiger partial charge in [0.05, 0.1) is 22.3 Å². The molecule has 0 bridgehead atoms. The van der Waals surface area contributed by atoms with Crippen LogP contribution in [0.25, 0.3) is 33.1 Å². The number of benzene rings is 3. The molecule has 1 N–H and O–H groups in total. The lowest BCUT2D eigenvalue weighted by atomic mass is 10.0. The highest BCUT2D eigenvalue weighted by molar-refractivity contribution is 9.10. The lowest BCUT2D eigenvalue weighted by molar-refractivity contribution is 0.0996. The first-order valence-corrected chi connectivity index (χ1v) is 13.0. The number of azo groups is 1. The largest absolute Gasteiger partial charge is 0.493 e. The third kappa shape index (κ3) is 5.04. The van der Waals surface area contributed by atoms with Gasteiger partial charge in [0.2, 0.25) is 5.88 Å². The summed E-state index contributed by atoms with van der Waals surface area (Å²) in [7, 11) is 0. The molecular weight excluding hydrogens is 528 g/mol.